The van der Waals surface area contributed by atoms with Gasteiger partial charge in [0, 0.05) is 0 Å². The molecule has 1 aromatic rings. The van der Waals surface area contributed by atoms with Crippen molar-refractivity contribution in [2.24, 2.45) is 0 Å². The molecule has 0 aromatic heterocycles. The van der Waals surface area contributed by atoms with Crippen LogP contribution in [-0.4, -0.2) is 24.3 Å². The van der Waals surface area contributed by atoms with E-state index in [-0.39, 0.29) is 18.7 Å². The molecule has 0 radical (unpaired) electrons. The molecule has 0 aliphatic carbocycles. The largest absolute Gasteiger partial charge is 0.457 e. The van der Waals surface area contributed by atoms with Crippen LogP contribution >= 0.6 is 0 Å². The van der Waals surface area contributed by atoms with Crippen LogP contribution in [0.4, 0.5) is 0 Å². The molecular weight excluding hydrogens is 252 g/mol. The third-order valence-electron chi connectivity index (χ3n) is 2.37. The first kappa shape index (κ1) is 16.4. The van der Waals surface area contributed by atoms with E-state index in [1.54, 1.807) is 0 Å². The monoisotopic (exact) mass is 276 g/mol. The number of esters is 1. The molecular formula is C17H24O3. The van der Waals surface area contributed by atoms with Crippen LogP contribution in [0, 0.1) is 0 Å². The van der Waals surface area contributed by atoms with Gasteiger partial charge in [-0.15, -0.1) is 0 Å². The SMILES string of the molecule is CC(C)OCC(=Cc1ccccc1)C(=O)OC(C)(C)C. The van der Waals surface area contributed by atoms with Gasteiger partial charge in [-0.2, -0.15) is 0 Å². The molecule has 0 atom stereocenters. The lowest BCUT2D eigenvalue weighted by atomic mass is 10.1. The van der Waals surface area contributed by atoms with E-state index in [1.807, 2.05) is 71.0 Å². The van der Waals surface area contributed by atoms with Crippen molar-refractivity contribution in [1.82, 2.24) is 0 Å². The van der Waals surface area contributed by atoms with Crippen molar-refractivity contribution >= 4 is 12.0 Å². The molecule has 1 rings (SSSR count). The summed E-state index contributed by atoms with van der Waals surface area (Å²) >= 11 is 0. The highest BCUT2D eigenvalue weighted by atomic mass is 16.6. The van der Waals surface area contributed by atoms with Crippen molar-refractivity contribution in [2.75, 3.05) is 6.61 Å². The molecule has 20 heavy (non-hydrogen) atoms. The fraction of sp³-hybridized carbons (Fsp3) is 0.471. The molecule has 0 amide bonds. The molecule has 0 bridgehead atoms. The second-order valence-electron chi connectivity index (χ2n) is 5.94. The number of carbonyl (C=O) groups excluding carboxylic acids is 1. The number of hydrogen-bond donors (Lipinski definition) is 0. The number of ether oxygens (including phenoxy) is 2. The summed E-state index contributed by atoms with van der Waals surface area (Å²) in [6, 6.07) is 9.69. The number of benzene rings is 1. The normalized spacial score (nSPS) is 12.6. The van der Waals surface area contributed by atoms with Gasteiger partial charge in [0.2, 0.25) is 0 Å². The van der Waals surface area contributed by atoms with Crippen LogP contribution in [0.25, 0.3) is 6.08 Å². The fourth-order valence-corrected chi connectivity index (χ4v) is 1.51. The van der Waals surface area contributed by atoms with Gasteiger partial charge in [0.15, 0.2) is 0 Å². The third kappa shape index (κ3) is 6.53. The van der Waals surface area contributed by atoms with Gasteiger partial charge in [-0.1, -0.05) is 30.3 Å². The maximum Gasteiger partial charge on any atom is 0.336 e. The van der Waals surface area contributed by atoms with Crippen LogP contribution in [0.3, 0.4) is 0 Å². The topological polar surface area (TPSA) is 35.5 Å². The lowest BCUT2D eigenvalue weighted by molar-refractivity contribution is -0.150. The van der Waals surface area contributed by atoms with Crippen molar-refractivity contribution in [3.63, 3.8) is 0 Å². The van der Waals surface area contributed by atoms with Gasteiger partial charge in [0.1, 0.15) is 5.60 Å². The van der Waals surface area contributed by atoms with E-state index in [0.717, 1.165) is 5.56 Å². The first-order chi connectivity index (χ1) is 9.28. The average molecular weight is 276 g/mol. The summed E-state index contributed by atoms with van der Waals surface area (Å²) in [6.07, 6.45) is 1.88. The second-order valence-corrected chi connectivity index (χ2v) is 5.94. The molecule has 0 aliphatic heterocycles. The zero-order valence-corrected chi connectivity index (χ0v) is 13.0. The molecule has 0 fully saturated rings. The number of rotatable bonds is 5. The molecule has 0 heterocycles. The van der Waals surface area contributed by atoms with E-state index in [0.29, 0.717) is 5.57 Å². The number of hydrogen-bond acceptors (Lipinski definition) is 3. The van der Waals surface area contributed by atoms with Crippen LogP contribution in [0.1, 0.15) is 40.2 Å². The molecule has 0 N–H and O–H groups in total. The van der Waals surface area contributed by atoms with Crippen LogP contribution in [0.5, 0.6) is 0 Å². The van der Waals surface area contributed by atoms with E-state index in [1.165, 1.54) is 0 Å². The lowest BCUT2D eigenvalue weighted by Gasteiger charge is -2.21. The summed E-state index contributed by atoms with van der Waals surface area (Å²) in [7, 11) is 0. The van der Waals surface area contributed by atoms with Crippen molar-refractivity contribution < 1.29 is 14.3 Å². The van der Waals surface area contributed by atoms with Crippen molar-refractivity contribution in [1.29, 1.82) is 0 Å². The Labute approximate surface area is 121 Å². The first-order valence-electron chi connectivity index (χ1n) is 6.88. The molecule has 0 saturated heterocycles. The van der Waals surface area contributed by atoms with E-state index in [4.69, 9.17) is 9.47 Å². The highest BCUT2D eigenvalue weighted by Gasteiger charge is 2.20. The third-order valence-corrected chi connectivity index (χ3v) is 2.37. The van der Waals surface area contributed by atoms with Crippen LogP contribution in [-0.2, 0) is 14.3 Å². The van der Waals surface area contributed by atoms with Gasteiger partial charge in [0.05, 0.1) is 18.3 Å². The minimum Gasteiger partial charge on any atom is -0.457 e. The quantitative estimate of drug-likeness (QED) is 0.605. The van der Waals surface area contributed by atoms with Gasteiger partial charge in [-0.05, 0) is 46.3 Å². The summed E-state index contributed by atoms with van der Waals surface area (Å²) in [5.74, 6) is -0.331. The zero-order chi connectivity index (χ0) is 15.2. The summed E-state index contributed by atoms with van der Waals surface area (Å²) in [6.45, 7) is 9.70. The maximum atomic E-state index is 12.2. The van der Waals surface area contributed by atoms with Gasteiger partial charge in [0.25, 0.3) is 0 Å². The standard InChI is InChI=1S/C17H24O3/c1-13(2)19-12-15(16(18)20-17(3,4)5)11-14-9-7-6-8-10-14/h6-11,13H,12H2,1-5H3. The van der Waals surface area contributed by atoms with Gasteiger partial charge in [-0.3, -0.25) is 0 Å². The van der Waals surface area contributed by atoms with Crippen molar-refractivity contribution in [3.05, 3.63) is 41.5 Å². The molecule has 0 saturated carbocycles. The molecule has 0 unspecified atom stereocenters. The molecule has 3 heteroatoms. The van der Waals surface area contributed by atoms with Crippen molar-refractivity contribution in [3.8, 4) is 0 Å². The van der Waals surface area contributed by atoms with E-state index in [9.17, 15) is 4.79 Å². The molecule has 0 spiro atoms. The predicted molar refractivity (Wildman–Crippen MR) is 81.4 cm³/mol. The van der Waals surface area contributed by atoms with Crippen LogP contribution in [0.15, 0.2) is 35.9 Å². The lowest BCUT2D eigenvalue weighted by Crippen LogP contribution is -2.26. The predicted octanol–water partition coefficient (Wildman–Crippen LogP) is 3.84. The Bertz CT molecular complexity index is 453. The molecule has 3 nitrogen and oxygen atoms in total. The Hall–Kier alpha value is -1.61. The Morgan fingerprint density at radius 3 is 2.30 bits per heavy atom. The van der Waals surface area contributed by atoms with Crippen LogP contribution in [0.2, 0.25) is 0 Å². The number of carbonyl (C=O) groups is 1. The Morgan fingerprint density at radius 1 is 1.20 bits per heavy atom. The summed E-state index contributed by atoms with van der Waals surface area (Å²) in [5.41, 5.74) is 0.977. The zero-order valence-electron chi connectivity index (χ0n) is 13.0. The van der Waals surface area contributed by atoms with Gasteiger partial charge < -0.3 is 9.47 Å². The van der Waals surface area contributed by atoms with Gasteiger partial charge >= 0.3 is 5.97 Å². The van der Waals surface area contributed by atoms with E-state index >= 15 is 0 Å². The second kappa shape index (κ2) is 7.25. The Balaban J connectivity index is 2.90. The highest BCUT2D eigenvalue weighted by molar-refractivity contribution is 5.94. The average Bonchev–Trinajstić information content (AvgIpc) is 2.33. The molecule has 1 aromatic carbocycles. The first-order valence-corrected chi connectivity index (χ1v) is 6.88. The minimum atomic E-state index is -0.509. The summed E-state index contributed by atoms with van der Waals surface area (Å²) in [4.78, 5) is 12.2. The molecule has 0 aliphatic rings. The smallest absolute Gasteiger partial charge is 0.336 e. The van der Waals surface area contributed by atoms with E-state index < -0.39 is 5.60 Å². The molecule has 110 valence electrons. The summed E-state index contributed by atoms with van der Waals surface area (Å²) < 4.78 is 11.0. The highest BCUT2D eigenvalue weighted by Crippen LogP contribution is 2.15. The van der Waals surface area contributed by atoms with Crippen molar-refractivity contribution in [2.45, 2.75) is 46.3 Å². The maximum absolute atomic E-state index is 12.2. The fourth-order valence-electron chi connectivity index (χ4n) is 1.51. The Kier molecular flexibility index (Phi) is 5.96. The Morgan fingerprint density at radius 2 is 1.80 bits per heavy atom. The van der Waals surface area contributed by atoms with Gasteiger partial charge in [-0.25, -0.2) is 4.79 Å². The van der Waals surface area contributed by atoms with E-state index in [2.05, 4.69) is 0 Å². The van der Waals surface area contributed by atoms with Crippen LogP contribution < -0.4 is 0 Å². The summed E-state index contributed by atoms with van der Waals surface area (Å²) in [5, 5.41) is 0. The minimum absolute atomic E-state index is 0.0663.